The van der Waals surface area contributed by atoms with Gasteiger partial charge in [-0.1, -0.05) is 45.4 Å². The predicted molar refractivity (Wildman–Crippen MR) is 90.5 cm³/mol. The van der Waals surface area contributed by atoms with E-state index < -0.39 is 11.9 Å². The van der Waals surface area contributed by atoms with Crippen LogP contribution >= 0.6 is 0 Å². The first-order valence-electron chi connectivity index (χ1n) is 7.96. The van der Waals surface area contributed by atoms with Gasteiger partial charge >= 0.3 is 11.9 Å². The topological polar surface area (TPSA) is 127 Å². The molecule has 0 atom stereocenters. The second-order valence-corrected chi connectivity index (χ2v) is 5.41. The fraction of sp³-hybridized carbons (Fsp3) is 0.529. The Kier molecular flexibility index (Phi) is 11.6. The first kappa shape index (κ1) is 21.1. The molecule has 6 nitrogen and oxygen atoms in total. The van der Waals surface area contributed by atoms with Gasteiger partial charge in [-0.25, -0.2) is 9.59 Å². The summed E-state index contributed by atoms with van der Waals surface area (Å²) in [5.41, 5.74) is 11.0. The minimum Gasteiger partial charge on any atom is -0.478 e. The lowest BCUT2D eigenvalue weighted by Crippen LogP contribution is -2.29. The van der Waals surface area contributed by atoms with Crippen LogP contribution in [0.15, 0.2) is 24.3 Å². The van der Waals surface area contributed by atoms with Crippen LogP contribution in [-0.2, 0) is 0 Å². The van der Waals surface area contributed by atoms with Gasteiger partial charge in [-0.3, -0.25) is 0 Å². The van der Waals surface area contributed by atoms with Crippen LogP contribution in [0.25, 0.3) is 0 Å². The molecular weight excluding hydrogens is 296 g/mol. The minimum absolute atomic E-state index is 0.0833. The molecule has 23 heavy (non-hydrogen) atoms. The van der Waals surface area contributed by atoms with E-state index in [1.165, 1.54) is 62.8 Å². The highest BCUT2D eigenvalue weighted by atomic mass is 16.4. The van der Waals surface area contributed by atoms with Crippen molar-refractivity contribution in [3.8, 4) is 0 Å². The van der Waals surface area contributed by atoms with Crippen LogP contribution in [-0.4, -0.2) is 28.3 Å². The summed E-state index contributed by atoms with van der Waals surface area (Å²) in [6.45, 7) is 2.23. The molecule has 0 aliphatic heterocycles. The Morgan fingerprint density at radius 3 is 1.61 bits per heavy atom. The largest absolute Gasteiger partial charge is 0.478 e. The Labute approximate surface area is 137 Å². The van der Waals surface area contributed by atoms with E-state index in [0.29, 0.717) is 0 Å². The third-order valence-electron chi connectivity index (χ3n) is 3.27. The third-order valence-corrected chi connectivity index (χ3v) is 3.27. The van der Waals surface area contributed by atoms with E-state index in [-0.39, 0.29) is 17.3 Å². The number of hydrogen-bond acceptors (Lipinski definition) is 4. The summed E-state index contributed by atoms with van der Waals surface area (Å²) in [6, 6.07) is 5.02. The molecule has 0 saturated carbocycles. The number of unbranched alkanes of at least 4 members (excludes halogenated alkanes) is 5. The molecule has 0 unspecified atom stereocenters. The molecule has 0 radical (unpaired) electrons. The minimum atomic E-state index is -1.06. The molecule has 1 aromatic carbocycles. The maximum Gasteiger partial charge on any atom is 0.335 e. The summed E-state index contributed by atoms with van der Waals surface area (Å²) in [6.07, 6.45) is 8.78. The number of aromatic carboxylic acids is 2. The van der Waals surface area contributed by atoms with E-state index in [1.807, 2.05) is 0 Å². The van der Waals surface area contributed by atoms with Crippen molar-refractivity contribution in [1.29, 1.82) is 0 Å². The molecule has 130 valence electrons. The molecule has 1 aromatic rings. The molecule has 6 heteroatoms. The molecule has 0 aromatic heterocycles. The first-order chi connectivity index (χ1) is 10.9. The average Bonchev–Trinajstić information content (AvgIpc) is 2.51. The number of carbonyl (C=O) groups is 2. The van der Waals surface area contributed by atoms with Crippen molar-refractivity contribution in [2.45, 2.75) is 58.0 Å². The van der Waals surface area contributed by atoms with Gasteiger partial charge in [-0.2, -0.15) is 0 Å². The molecule has 0 bridgehead atoms. The number of benzene rings is 1. The lowest BCUT2D eigenvalue weighted by Gasteiger charge is -2.03. The molecule has 0 heterocycles. The summed E-state index contributed by atoms with van der Waals surface area (Å²) in [4.78, 5) is 20.7. The van der Waals surface area contributed by atoms with Crippen molar-refractivity contribution in [2.24, 2.45) is 11.5 Å². The van der Waals surface area contributed by atoms with Crippen LogP contribution in [0.5, 0.6) is 0 Å². The molecule has 0 aliphatic carbocycles. The van der Waals surface area contributed by atoms with Gasteiger partial charge in [-0.05, 0) is 30.7 Å². The van der Waals surface area contributed by atoms with Gasteiger partial charge in [0, 0.05) is 0 Å². The average molecular weight is 324 g/mol. The highest BCUT2D eigenvalue weighted by Crippen LogP contribution is 2.06. The Bertz CT molecular complexity index is 425. The van der Waals surface area contributed by atoms with E-state index in [9.17, 15) is 9.59 Å². The van der Waals surface area contributed by atoms with Crippen molar-refractivity contribution in [1.82, 2.24) is 0 Å². The van der Waals surface area contributed by atoms with Crippen molar-refractivity contribution in [2.75, 3.05) is 0 Å². The lowest BCUT2D eigenvalue weighted by atomic mass is 10.1. The normalized spacial score (nSPS) is 10.1. The van der Waals surface area contributed by atoms with E-state index in [0.717, 1.165) is 6.42 Å². The molecule has 0 fully saturated rings. The van der Waals surface area contributed by atoms with Gasteiger partial charge in [-0.15, -0.1) is 0 Å². The summed E-state index contributed by atoms with van der Waals surface area (Å²) >= 11 is 0. The number of hydrogen-bond donors (Lipinski definition) is 4. The van der Waals surface area contributed by atoms with Crippen LogP contribution in [0.4, 0.5) is 0 Å². The molecule has 0 amide bonds. The SMILES string of the molecule is CCCCCCCCC(N)N.O=C(O)c1ccc(C(=O)O)cc1. The monoisotopic (exact) mass is 324 g/mol. The van der Waals surface area contributed by atoms with Gasteiger partial charge in [0.15, 0.2) is 0 Å². The van der Waals surface area contributed by atoms with Crippen molar-refractivity contribution >= 4 is 11.9 Å². The van der Waals surface area contributed by atoms with Crippen LogP contribution < -0.4 is 11.5 Å². The molecule has 0 spiro atoms. The first-order valence-corrected chi connectivity index (χ1v) is 7.96. The fourth-order valence-corrected chi connectivity index (χ4v) is 1.92. The predicted octanol–water partition coefficient (Wildman–Crippen LogP) is 3.06. The van der Waals surface area contributed by atoms with Gasteiger partial charge < -0.3 is 21.7 Å². The van der Waals surface area contributed by atoms with E-state index >= 15 is 0 Å². The zero-order valence-corrected chi connectivity index (χ0v) is 13.7. The smallest absolute Gasteiger partial charge is 0.335 e. The molecule has 0 aliphatic rings. The van der Waals surface area contributed by atoms with Crippen molar-refractivity contribution < 1.29 is 19.8 Å². The molecular formula is C17H28N2O4. The van der Waals surface area contributed by atoms with E-state index in [2.05, 4.69) is 6.92 Å². The Balaban J connectivity index is 0.000000423. The zero-order chi connectivity index (χ0) is 17.7. The number of carboxylic acid groups (broad SMARTS) is 2. The molecule has 6 N–H and O–H groups in total. The third kappa shape index (κ3) is 11.3. The maximum absolute atomic E-state index is 10.3. The summed E-state index contributed by atoms with van der Waals surface area (Å²) in [5.74, 6) is -2.13. The second kappa shape index (κ2) is 12.6. The maximum atomic E-state index is 10.3. The van der Waals surface area contributed by atoms with Crippen molar-refractivity contribution in [3.05, 3.63) is 35.4 Å². The summed E-state index contributed by atoms with van der Waals surface area (Å²) < 4.78 is 0. The van der Waals surface area contributed by atoms with Crippen LogP contribution in [0, 0.1) is 0 Å². The van der Waals surface area contributed by atoms with E-state index in [1.54, 1.807) is 0 Å². The Hall–Kier alpha value is -1.92. The zero-order valence-electron chi connectivity index (χ0n) is 13.7. The van der Waals surface area contributed by atoms with E-state index in [4.69, 9.17) is 21.7 Å². The van der Waals surface area contributed by atoms with Crippen molar-refractivity contribution in [3.63, 3.8) is 0 Å². The highest BCUT2D eigenvalue weighted by Gasteiger charge is 2.04. The highest BCUT2D eigenvalue weighted by molar-refractivity contribution is 5.91. The summed E-state index contributed by atoms with van der Waals surface area (Å²) in [5, 5.41) is 16.9. The van der Waals surface area contributed by atoms with Gasteiger partial charge in [0.2, 0.25) is 0 Å². The fourth-order valence-electron chi connectivity index (χ4n) is 1.92. The quantitative estimate of drug-likeness (QED) is 0.408. The molecule has 0 saturated heterocycles. The standard InChI is InChI=1S/C9H22N2.C8H6O4/c1-2-3-4-5-6-7-8-9(10)11;9-7(10)5-1-2-6(4-3-5)8(11)12/h9H,2-8,10-11H2,1H3;1-4H,(H,9,10)(H,11,12). The Morgan fingerprint density at radius 2 is 1.26 bits per heavy atom. The molecule has 1 rings (SSSR count). The Morgan fingerprint density at radius 1 is 0.870 bits per heavy atom. The summed E-state index contributed by atoms with van der Waals surface area (Å²) in [7, 11) is 0. The number of rotatable bonds is 9. The lowest BCUT2D eigenvalue weighted by molar-refractivity contribution is 0.0681. The van der Waals surface area contributed by atoms with Crippen LogP contribution in [0.2, 0.25) is 0 Å². The number of carboxylic acids is 2. The second-order valence-electron chi connectivity index (χ2n) is 5.41. The van der Waals surface area contributed by atoms with Gasteiger partial charge in [0.25, 0.3) is 0 Å². The number of nitrogens with two attached hydrogens (primary N) is 2. The van der Waals surface area contributed by atoms with Gasteiger partial charge in [0.1, 0.15) is 0 Å². The van der Waals surface area contributed by atoms with Gasteiger partial charge in [0.05, 0.1) is 17.3 Å². The van der Waals surface area contributed by atoms with Crippen LogP contribution in [0.1, 0.15) is 72.6 Å². The van der Waals surface area contributed by atoms with Crippen LogP contribution in [0.3, 0.4) is 0 Å².